The first kappa shape index (κ1) is 11.7. The summed E-state index contributed by atoms with van der Waals surface area (Å²) in [5, 5.41) is 22.2. The van der Waals surface area contributed by atoms with Crippen molar-refractivity contribution in [2.45, 2.75) is 25.9 Å². The summed E-state index contributed by atoms with van der Waals surface area (Å²) in [6.07, 6.45) is 0.791. The van der Waals surface area contributed by atoms with Gasteiger partial charge in [0.25, 0.3) is 0 Å². The predicted molar refractivity (Wildman–Crippen MR) is 53.4 cm³/mol. The maximum Gasteiger partial charge on any atom is 0.433 e. The second kappa shape index (κ2) is 5.47. The number of nitrogens with zero attached hydrogens (tertiary/aromatic N) is 1. The fraction of sp³-hybridized carbons (Fsp3) is 0.556. The molecule has 0 saturated heterocycles. The largest absolute Gasteiger partial charge is 0.433 e. The van der Waals surface area contributed by atoms with Gasteiger partial charge in [0, 0.05) is 6.04 Å². The average molecular weight is 214 g/mol. The third-order valence-corrected chi connectivity index (χ3v) is 2.11. The summed E-state index contributed by atoms with van der Waals surface area (Å²) >= 11 is 0. The van der Waals surface area contributed by atoms with Crippen LogP contribution in [-0.4, -0.2) is 22.7 Å². The molecular weight excluding hydrogens is 200 g/mol. The van der Waals surface area contributed by atoms with Crippen LogP contribution in [0.1, 0.15) is 19.1 Å². The van der Waals surface area contributed by atoms with Gasteiger partial charge in [0.2, 0.25) is 0 Å². The second-order valence-electron chi connectivity index (χ2n) is 3.17. The fourth-order valence-corrected chi connectivity index (χ4v) is 1.14. The highest BCUT2D eigenvalue weighted by molar-refractivity contribution is 5.17. The van der Waals surface area contributed by atoms with Crippen molar-refractivity contribution < 1.29 is 14.4 Å². The zero-order valence-electron chi connectivity index (χ0n) is 8.47. The van der Waals surface area contributed by atoms with Gasteiger partial charge in [-0.25, -0.2) is 0 Å². The molecule has 0 aliphatic rings. The number of aliphatic hydroxyl groups excluding tert-OH is 1. The van der Waals surface area contributed by atoms with E-state index in [0.717, 1.165) is 6.42 Å². The zero-order valence-corrected chi connectivity index (χ0v) is 8.47. The van der Waals surface area contributed by atoms with Crippen LogP contribution in [0.2, 0.25) is 0 Å². The molecule has 1 aromatic heterocycles. The van der Waals surface area contributed by atoms with E-state index in [9.17, 15) is 10.1 Å². The van der Waals surface area contributed by atoms with Crippen molar-refractivity contribution in [1.82, 2.24) is 5.32 Å². The van der Waals surface area contributed by atoms with Gasteiger partial charge in [0.05, 0.1) is 19.2 Å². The molecule has 0 aliphatic carbocycles. The van der Waals surface area contributed by atoms with Gasteiger partial charge >= 0.3 is 5.88 Å². The molecule has 6 heteroatoms. The predicted octanol–water partition coefficient (Wildman–Crippen LogP) is 1.05. The molecule has 0 bridgehead atoms. The van der Waals surface area contributed by atoms with Crippen LogP contribution in [0, 0.1) is 10.1 Å². The summed E-state index contributed by atoms with van der Waals surface area (Å²) < 4.78 is 4.94. The Kier molecular flexibility index (Phi) is 4.26. The van der Waals surface area contributed by atoms with E-state index in [2.05, 4.69) is 5.32 Å². The van der Waals surface area contributed by atoms with Gasteiger partial charge < -0.3 is 14.8 Å². The summed E-state index contributed by atoms with van der Waals surface area (Å²) in [5.41, 5.74) is 0. The lowest BCUT2D eigenvalue weighted by Gasteiger charge is -2.11. The van der Waals surface area contributed by atoms with Crippen molar-refractivity contribution in [2.75, 3.05) is 6.61 Å². The van der Waals surface area contributed by atoms with Gasteiger partial charge in [0.1, 0.15) is 10.7 Å². The second-order valence-corrected chi connectivity index (χ2v) is 3.17. The van der Waals surface area contributed by atoms with Crippen LogP contribution in [0.25, 0.3) is 0 Å². The molecule has 0 spiro atoms. The van der Waals surface area contributed by atoms with E-state index >= 15 is 0 Å². The highest BCUT2D eigenvalue weighted by Crippen LogP contribution is 2.15. The van der Waals surface area contributed by atoms with Crippen molar-refractivity contribution in [1.29, 1.82) is 0 Å². The molecule has 0 radical (unpaired) electrons. The maximum absolute atomic E-state index is 10.3. The minimum atomic E-state index is -0.577. The zero-order chi connectivity index (χ0) is 11.3. The van der Waals surface area contributed by atoms with Gasteiger partial charge in [0.15, 0.2) is 0 Å². The summed E-state index contributed by atoms with van der Waals surface area (Å²) in [5.74, 6) is 0.234. The molecule has 0 fully saturated rings. The van der Waals surface area contributed by atoms with E-state index in [4.69, 9.17) is 9.52 Å². The van der Waals surface area contributed by atoms with Crippen molar-refractivity contribution in [2.24, 2.45) is 0 Å². The molecule has 84 valence electrons. The molecule has 1 heterocycles. The Morgan fingerprint density at radius 1 is 1.67 bits per heavy atom. The maximum atomic E-state index is 10.3. The standard InChI is InChI=1S/C9H14N2O4/c1-2-7(6-12)10-5-8-3-4-9(15-8)11(13)14/h3-4,7,10,12H,2,5-6H2,1H3/t7-/m1/s1. The van der Waals surface area contributed by atoms with Crippen molar-refractivity contribution in [3.63, 3.8) is 0 Å². The number of nitrogens with one attached hydrogen (secondary N) is 1. The number of hydrogen-bond acceptors (Lipinski definition) is 5. The highest BCUT2D eigenvalue weighted by atomic mass is 16.6. The molecule has 0 amide bonds. The Morgan fingerprint density at radius 3 is 2.87 bits per heavy atom. The van der Waals surface area contributed by atoms with Crippen LogP contribution in [0.15, 0.2) is 16.5 Å². The number of nitro groups is 1. The Bertz CT molecular complexity index is 320. The smallest absolute Gasteiger partial charge is 0.404 e. The summed E-state index contributed by atoms with van der Waals surface area (Å²) in [4.78, 5) is 9.74. The van der Waals surface area contributed by atoms with Crippen LogP contribution in [0.3, 0.4) is 0 Å². The summed E-state index contributed by atoms with van der Waals surface area (Å²) in [6, 6.07) is 2.86. The Hall–Kier alpha value is -1.40. The Balaban J connectivity index is 2.47. The first-order valence-electron chi connectivity index (χ1n) is 4.74. The van der Waals surface area contributed by atoms with E-state index < -0.39 is 4.92 Å². The number of furan rings is 1. The molecule has 1 aromatic rings. The molecule has 0 unspecified atom stereocenters. The normalized spacial score (nSPS) is 12.7. The molecule has 15 heavy (non-hydrogen) atoms. The highest BCUT2D eigenvalue weighted by Gasteiger charge is 2.12. The number of rotatable bonds is 6. The van der Waals surface area contributed by atoms with Crippen LogP contribution >= 0.6 is 0 Å². The lowest BCUT2D eigenvalue weighted by atomic mass is 10.2. The quantitative estimate of drug-likeness (QED) is 0.545. The van der Waals surface area contributed by atoms with Gasteiger partial charge in [-0.05, 0) is 12.5 Å². The topological polar surface area (TPSA) is 88.5 Å². The molecule has 6 nitrogen and oxygen atoms in total. The van der Waals surface area contributed by atoms with Gasteiger partial charge in [-0.3, -0.25) is 10.1 Å². The van der Waals surface area contributed by atoms with E-state index in [1.54, 1.807) is 6.07 Å². The van der Waals surface area contributed by atoms with Crippen molar-refractivity contribution in [3.05, 3.63) is 28.0 Å². The Morgan fingerprint density at radius 2 is 2.40 bits per heavy atom. The van der Waals surface area contributed by atoms with E-state index in [1.807, 2.05) is 6.92 Å². The van der Waals surface area contributed by atoms with E-state index in [0.29, 0.717) is 12.3 Å². The number of aliphatic hydroxyl groups is 1. The molecule has 0 aliphatic heterocycles. The van der Waals surface area contributed by atoms with Gasteiger partial charge in [-0.1, -0.05) is 6.92 Å². The summed E-state index contributed by atoms with van der Waals surface area (Å²) in [7, 11) is 0. The molecule has 1 rings (SSSR count). The lowest BCUT2D eigenvalue weighted by Crippen LogP contribution is -2.30. The molecule has 0 saturated carbocycles. The Labute approximate surface area is 87.0 Å². The third-order valence-electron chi connectivity index (χ3n) is 2.11. The third kappa shape index (κ3) is 3.34. The van der Waals surface area contributed by atoms with Gasteiger partial charge in [-0.2, -0.15) is 0 Å². The van der Waals surface area contributed by atoms with Crippen LogP contribution in [0.5, 0.6) is 0 Å². The first-order chi connectivity index (χ1) is 7.17. The van der Waals surface area contributed by atoms with Crippen LogP contribution < -0.4 is 5.32 Å². The molecule has 1 atom stereocenters. The first-order valence-corrected chi connectivity index (χ1v) is 4.74. The summed E-state index contributed by atoms with van der Waals surface area (Å²) in [6.45, 7) is 2.37. The number of hydrogen-bond donors (Lipinski definition) is 2. The van der Waals surface area contributed by atoms with Crippen molar-refractivity contribution in [3.8, 4) is 0 Å². The molecular formula is C9H14N2O4. The van der Waals surface area contributed by atoms with E-state index in [1.165, 1.54) is 6.07 Å². The SMILES string of the molecule is CC[C@H](CO)NCc1ccc([N+](=O)[O-])o1. The molecule has 2 N–H and O–H groups in total. The molecule has 0 aromatic carbocycles. The minimum Gasteiger partial charge on any atom is -0.404 e. The lowest BCUT2D eigenvalue weighted by molar-refractivity contribution is -0.402. The van der Waals surface area contributed by atoms with Gasteiger partial charge in [-0.15, -0.1) is 0 Å². The van der Waals surface area contributed by atoms with Crippen LogP contribution in [0.4, 0.5) is 5.88 Å². The average Bonchev–Trinajstić information content (AvgIpc) is 2.68. The monoisotopic (exact) mass is 214 g/mol. The minimum absolute atomic E-state index is 0.00541. The fourth-order valence-electron chi connectivity index (χ4n) is 1.14. The van der Waals surface area contributed by atoms with Crippen molar-refractivity contribution >= 4 is 5.88 Å². The van der Waals surface area contributed by atoms with Crippen LogP contribution in [-0.2, 0) is 6.54 Å². The van der Waals surface area contributed by atoms with E-state index in [-0.39, 0.29) is 18.5 Å².